The Labute approximate surface area is 90.1 Å². The summed E-state index contributed by atoms with van der Waals surface area (Å²) in [6.45, 7) is 5.01. The molecule has 4 nitrogen and oxygen atoms in total. The highest BCUT2D eigenvalue weighted by atomic mass is 16.1. The summed E-state index contributed by atoms with van der Waals surface area (Å²) >= 11 is 0. The van der Waals surface area contributed by atoms with Gasteiger partial charge in [0.1, 0.15) is 5.82 Å². The zero-order chi connectivity index (χ0) is 11.1. The molecule has 0 fully saturated rings. The molecule has 0 aliphatic carbocycles. The minimum atomic E-state index is 0.000145. The average molecular weight is 207 g/mol. The number of pyridine rings is 1. The molecule has 0 aromatic carbocycles. The quantitative estimate of drug-likeness (QED) is 0.765. The second-order valence-electron chi connectivity index (χ2n) is 3.42. The molecule has 1 amide bonds. The molecule has 1 rings (SSSR count). The summed E-state index contributed by atoms with van der Waals surface area (Å²) in [6, 6.07) is 3.83. The van der Waals surface area contributed by atoms with E-state index >= 15 is 0 Å². The van der Waals surface area contributed by atoms with Gasteiger partial charge in [0.15, 0.2) is 0 Å². The van der Waals surface area contributed by atoms with Crippen molar-refractivity contribution in [2.45, 2.75) is 20.3 Å². The molecule has 1 aromatic rings. The number of aromatic nitrogens is 1. The first-order valence-electron chi connectivity index (χ1n) is 5.15. The molecule has 82 valence electrons. The van der Waals surface area contributed by atoms with Crippen LogP contribution in [0.5, 0.6) is 0 Å². The molecule has 0 spiro atoms. The highest BCUT2D eigenvalue weighted by molar-refractivity contribution is 5.80. The van der Waals surface area contributed by atoms with Crippen molar-refractivity contribution >= 4 is 11.7 Å². The van der Waals surface area contributed by atoms with Gasteiger partial charge in [0.25, 0.3) is 0 Å². The van der Waals surface area contributed by atoms with E-state index in [1.54, 1.807) is 6.20 Å². The third kappa shape index (κ3) is 4.44. The van der Waals surface area contributed by atoms with Crippen molar-refractivity contribution in [3.05, 3.63) is 23.9 Å². The van der Waals surface area contributed by atoms with Crippen molar-refractivity contribution < 1.29 is 4.79 Å². The maximum atomic E-state index is 11.3. The van der Waals surface area contributed by atoms with E-state index in [1.807, 2.05) is 26.0 Å². The topological polar surface area (TPSA) is 54.0 Å². The van der Waals surface area contributed by atoms with Crippen molar-refractivity contribution in [1.29, 1.82) is 0 Å². The summed E-state index contributed by atoms with van der Waals surface area (Å²) in [4.78, 5) is 15.4. The van der Waals surface area contributed by atoms with Crippen LogP contribution in [0.15, 0.2) is 18.3 Å². The Kier molecular flexibility index (Phi) is 4.60. The molecule has 1 aromatic heterocycles. The number of rotatable bonds is 5. The van der Waals surface area contributed by atoms with Crippen LogP contribution in [0.2, 0.25) is 0 Å². The standard InChI is InChI=1S/C11H17N3O/c1-3-5-13-11(15)8-14-10-7-9(2)4-6-12-10/h4,6-7H,3,5,8H2,1-2H3,(H,12,14)(H,13,15). The molecule has 15 heavy (non-hydrogen) atoms. The average Bonchev–Trinajstić information content (AvgIpc) is 2.23. The van der Waals surface area contributed by atoms with E-state index in [2.05, 4.69) is 15.6 Å². The lowest BCUT2D eigenvalue weighted by molar-refractivity contribution is -0.119. The second-order valence-corrected chi connectivity index (χ2v) is 3.42. The lowest BCUT2D eigenvalue weighted by Crippen LogP contribution is -2.30. The number of carbonyl (C=O) groups is 1. The third-order valence-corrected chi connectivity index (χ3v) is 1.92. The minimum absolute atomic E-state index is 0.000145. The van der Waals surface area contributed by atoms with Gasteiger partial charge in [-0.1, -0.05) is 6.92 Å². The van der Waals surface area contributed by atoms with Gasteiger partial charge in [-0.2, -0.15) is 0 Å². The predicted octanol–water partition coefficient (Wildman–Crippen LogP) is 1.33. The van der Waals surface area contributed by atoms with Crippen molar-refractivity contribution in [1.82, 2.24) is 10.3 Å². The summed E-state index contributed by atoms with van der Waals surface area (Å²) in [5.74, 6) is 0.738. The van der Waals surface area contributed by atoms with Crippen molar-refractivity contribution in [2.75, 3.05) is 18.4 Å². The Hall–Kier alpha value is -1.58. The normalized spacial score (nSPS) is 9.73. The first kappa shape index (κ1) is 11.5. The molecule has 0 unspecified atom stereocenters. The number of aryl methyl sites for hydroxylation is 1. The maximum absolute atomic E-state index is 11.3. The van der Waals surface area contributed by atoms with Crippen LogP contribution in [0.25, 0.3) is 0 Å². The van der Waals surface area contributed by atoms with E-state index < -0.39 is 0 Å². The van der Waals surface area contributed by atoms with Gasteiger partial charge in [-0.3, -0.25) is 4.79 Å². The zero-order valence-electron chi connectivity index (χ0n) is 9.21. The van der Waals surface area contributed by atoms with Gasteiger partial charge in [0.2, 0.25) is 5.91 Å². The van der Waals surface area contributed by atoms with Gasteiger partial charge in [-0.25, -0.2) is 4.98 Å². The van der Waals surface area contributed by atoms with Gasteiger partial charge in [0, 0.05) is 12.7 Å². The smallest absolute Gasteiger partial charge is 0.239 e. The SMILES string of the molecule is CCCNC(=O)CNc1cc(C)ccn1. The Morgan fingerprint density at radius 1 is 1.53 bits per heavy atom. The molecule has 0 aliphatic rings. The van der Waals surface area contributed by atoms with Crippen molar-refractivity contribution in [3.63, 3.8) is 0 Å². The summed E-state index contributed by atoms with van der Waals surface area (Å²) < 4.78 is 0. The molecular formula is C11H17N3O. The number of anilines is 1. The number of hydrogen-bond donors (Lipinski definition) is 2. The van der Waals surface area contributed by atoms with Gasteiger partial charge in [-0.15, -0.1) is 0 Å². The van der Waals surface area contributed by atoms with Crippen LogP contribution < -0.4 is 10.6 Å². The molecule has 1 heterocycles. The Balaban J connectivity index is 2.33. The molecule has 2 N–H and O–H groups in total. The number of nitrogens with one attached hydrogen (secondary N) is 2. The molecular weight excluding hydrogens is 190 g/mol. The number of carbonyl (C=O) groups excluding carboxylic acids is 1. The Morgan fingerprint density at radius 3 is 3.00 bits per heavy atom. The number of nitrogens with zero attached hydrogens (tertiary/aromatic N) is 1. The lowest BCUT2D eigenvalue weighted by Gasteiger charge is -2.06. The Bertz CT molecular complexity index is 325. The molecule has 0 aliphatic heterocycles. The van der Waals surface area contributed by atoms with Gasteiger partial charge in [-0.05, 0) is 31.0 Å². The summed E-state index contributed by atoms with van der Waals surface area (Å²) in [5.41, 5.74) is 1.13. The van der Waals surface area contributed by atoms with Crippen LogP contribution in [0.4, 0.5) is 5.82 Å². The van der Waals surface area contributed by atoms with Crippen LogP contribution in [0.3, 0.4) is 0 Å². The van der Waals surface area contributed by atoms with E-state index in [1.165, 1.54) is 0 Å². The fourth-order valence-electron chi connectivity index (χ4n) is 1.13. The zero-order valence-corrected chi connectivity index (χ0v) is 9.21. The molecule has 0 saturated carbocycles. The molecule has 0 bridgehead atoms. The van der Waals surface area contributed by atoms with E-state index in [0.29, 0.717) is 0 Å². The van der Waals surface area contributed by atoms with Crippen LogP contribution >= 0.6 is 0 Å². The monoisotopic (exact) mass is 207 g/mol. The lowest BCUT2D eigenvalue weighted by atomic mass is 10.3. The van der Waals surface area contributed by atoms with Gasteiger partial charge in [0.05, 0.1) is 6.54 Å². The summed E-state index contributed by atoms with van der Waals surface area (Å²) in [6.07, 6.45) is 2.68. The van der Waals surface area contributed by atoms with E-state index in [-0.39, 0.29) is 12.5 Å². The first-order valence-corrected chi connectivity index (χ1v) is 5.15. The highest BCUT2D eigenvalue weighted by Crippen LogP contribution is 2.04. The number of hydrogen-bond acceptors (Lipinski definition) is 3. The summed E-state index contributed by atoms with van der Waals surface area (Å²) in [5, 5.41) is 5.76. The second kappa shape index (κ2) is 6.01. The van der Waals surface area contributed by atoms with E-state index in [0.717, 1.165) is 24.3 Å². The number of amides is 1. The van der Waals surface area contributed by atoms with Crippen LogP contribution in [-0.2, 0) is 4.79 Å². The van der Waals surface area contributed by atoms with Crippen LogP contribution in [-0.4, -0.2) is 24.0 Å². The summed E-state index contributed by atoms with van der Waals surface area (Å²) in [7, 11) is 0. The van der Waals surface area contributed by atoms with Crippen molar-refractivity contribution in [3.8, 4) is 0 Å². The first-order chi connectivity index (χ1) is 7.22. The molecule has 4 heteroatoms. The maximum Gasteiger partial charge on any atom is 0.239 e. The third-order valence-electron chi connectivity index (χ3n) is 1.92. The molecule has 0 radical (unpaired) electrons. The highest BCUT2D eigenvalue weighted by Gasteiger charge is 1.99. The van der Waals surface area contributed by atoms with Crippen molar-refractivity contribution in [2.24, 2.45) is 0 Å². The van der Waals surface area contributed by atoms with E-state index in [9.17, 15) is 4.79 Å². The van der Waals surface area contributed by atoms with Gasteiger partial charge < -0.3 is 10.6 Å². The van der Waals surface area contributed by atoms with Crippen LogP contribution in [0, 0.1) is 6.92 Å². The minimum Gasteiger partial charge on any atom is -0.361 e. The molecule has 0 atom stereocenters. The van der Waals surface area contributed by atoms with E-state index in [4.69, 9.17) is 0 Å². The fourth-order valence-corrected chi connectivity index (χ4v) is 1.13. The molecule has 0 saturated heterocycles. The van der Waals surface area contributed by atoms with Crippen LogP contribution in [0.1, 0.15) is 18.9 Å². The van der Waals surface area contributed by atoms with Gasteiger partial charge >= 0.3 is 0 Å². The Morgan fingerprint density at radius 2 is 2.33 bits per heavy atom. The predicted molar refractivity (Wildman–Crippen MR) is 60.8 cm³/mol. The largest absolute Gasteiger partial charge is 0.361 e. The fraction of sp³-hybridized carbons (Fsp3) is 0.455.